The van der Waals surface area contributed by atoms with Crippen LogP contribution in [0.25, 0.3) is 23.0 Å². The van der Waals surface area contributed by atoms with Crippen LogP contribution in [-0.2, 0) is 21.7 Å². The zero-order valence-corrected chi connectivity index (χ0v) is 20.6. The third kappa shape index (κ3) is 4.59. The third-order valence-electron chi connectivity index (χ3n) is 6.67. The first-order valence-electron chi connectivity index (χ1n) is 12.0. The lowest BCUT2D eigenvalue weighted by Gasteiger charge is -2.43. The van der Waals surface area contributed by atoms with Crippen molar-refractivity contribution in [3.8, 4) is 23.0 Å². The van der Waals surface area contributed by atoms with Gasteiger partial charge in [-0.3, -0.25) is 9.48 Å². The van der Waals surface area contributed by atoms with E-state index in [0.29, 0.717) is 24.0 Å². The highest BCUT2D eigenvalue weighted by atomic mass is 16.5. The van der Waals surface area contributed by atoms with Crippen LogP contribution in [0.15, 0.2) is 53.2 Å². The van der Waals surface area contributed by atoms with Gasteiger partial charge in [0, 0.05) is 24.5 Å². The molecule has 186 valence electrons. The highest BCUT2D eigenvalue weighted by Crippen LogP contribution is 2.45. The van der Waals surface area contributed by atoms with Gasteiger partial charge in [-0.05, 0) is 56.4 Å². The molecule has 0 spiro atoms. The molecular formula is C26H29N7O3. The van der Waals surface area contributed by atoms with Crippen molar-refractivity contribution in [3.05, 3.63) is 65.5 Å². The van der Waals surface area contributed by atoms with Crippen LogP contribution < -0.4 is 11.1 Å². The van der Waals surface area contributed by atoms with E-state index in [1.807, 2.05) is 67.3 Å². The number of nitrogens with zero attached hydrogens (tertiary/aromatic N) is 5. The number of anilines is 1. The van der Waals surface area contributed by atoms with Crippen molar-refractivity contribution in [3.63, 3.8) is 0 Å². The summed E-state index contributed by atoms with van der Waals surface area (Å²) < 4.78 is 13.5. The van der Waals surface area contributed by atoms with Crippen LogP contribution in [0, 0.1) is 6.92 Å². The molecule has 36 heavy (non-hydrogen) atoms. The molecular weight excluding hydrogens is 458 g/mol. The van der Waals surface area contributed by atoms with Gasteiger partial charge in [-0.15, -0.1) is 0 Å². The number of hydrogen-bond donors (Lipinski definition) is 2. The Hall–Kier alpha value is -4.05. The Labute approximate surface area is 208 Å². The molecule has 3 N–H and O–H groups in total. The average Bonchev–Trinajstić information content (AvgIpc) is 3.49. The number of hydrogen-bond acceptors (Lipinski definition) is 8. The molecule has 10 nitrogen and oxygen atoms in total. The predicted octanol–water partition coefficient (Wildman–Crippen LogP) is 3.66. The smallest absolute Gasteiger partial charge is 0.278 e. The monoisotopic (exact) mass is 487 g/mol. The maximum absolute atomic E-state index is 11.5. The first-order valence-corrected chi connectivity index (χ1v) is 12.0. The van der Waals surface area contributed by atoms with Crippen LogP contribution in [0.4, 0.5) is 5.82 Å². The van der Waals surface area contributed by atoms with Crippen LogP contribution in [0.5, 0.6) is 0 Å². The van der Waals surface area contributed by atoms with Crippen molar-refractivity contribution in [2.75, 3.05) is 12.4 Å². The Balaban J connectivity index is 1.31. The summed E-state index contributed by atoms with van der Waals surface area (Å²) in [4.78, 5) is 20.4. The van der Waals surface area contributed by atoms with Crippen molar-refractivity contribution in [2.45, 2.75) is 51.4 Å². The summed E-state index contributed by atoms with van der Waals surface area (Å²) in [6.45, 7) is 4.26. The first-order chi connectivity index (χ1) is 17.4. The number of amides is 1. The van der Waals surface area contributed by atoms with Crippen molar-refractivity contribution >= 4 is 11.7 Å². The number of benzene rings is 1. The van der Waals surface area contributed by atoms with Crippen molar-refractivity contribution < 1.29 is 14.1 Å². The second kappa shape index (κ2) is 9.54. The van der Waals surface area contributed by atoms with Crippen molar-refractivity contribution in [1.82, 2.24) is 24.9 Å². The molecule has 1 fully saturated rings. The molecule has 1 unspecified atom stereocenters. The molecule has 1 aliphatic rings. The molecule has 0 saturated heterocycles. The van der Waals surface area contributed by atoms with Crippen LogP contribution in [0.2, 0.25) is 0 Å². The van der Waals surface area contributed by atoms with Gasteiger partial charge in [0.15, 0.2) is 5.69 Å². The Bertz CT molecular complexity index is 1360. The van der Waals surface area contributed by atoms with E-state index in [2.05, 4.69) is 25.5 Å². The van der Waals surface area contributed by atoms with Crippen molar-refractivity contribution in [2.24, 2.45) is 5.73 Å². The van der Waals surface area contributed by atoms with Gasteiger partial charge in [0.05, 0.1) is 12.1 Å². The van der Waals surface area contributed by atoms with Gasteiger partial charge in [-0.25, -0.2) is 4.98 Å². The highest BCUT2D eigenvalue weighted by Gasteiger charge is 2.42. The van der Waals surface area contributed by atoms with Crippen LogP contribution in [0.1, 0.15) is 43.0 Å². The Morgan fingerprint density at radius 3 is 2.64 bits per heavy atom. The van der Waals surface area contributed by atoms with Crippen molar-refractivity contribution in [1.29, 1.82) is 0 Å². The molecule has 0 aliphatic heterocycles. The molecule has 1 amide bonds. The topological polar surface area (TPSA) is 134 Å². The van der Waals surface area contributed by atoms with Gasteiger partial charge in [-0.2, -0.15) is 10.1 Å². The molecule has 1 atom stereocenters. The zero-order valence-electron chi connectivity index (χ0n) is 20.6. The van der Waals surface area contributed by atoms with Gasteiger partial charge in [0.1, 0.15) is 11.9 Å². The van der Waals surface area contributed by atoms with E-state index in [1.165, 1.54) is 0 Å². The molecule has 3 aromatic heterocycles. The number of pyridine rings is 1. The van der Waals surface area contributed by atoms with Crippen LogP contribution in [-0.4, -0.2) is 44.0 Å². The lowest BCUT2D eigenvalue weighted by atomic mass is 9.74. The van der Waals surface area contributed by atoms with Gasteiger partial charge >= 0.3 is 0 Å². The summed E-state index contributed by atoms with van der Waals surface area (Å²) in [6.07, 6.45) is 3.94. The molecule has 0 radical (unpaired) electrons. The number of nitrogens with one attached hydrogen (secondary N) is 1. The van der Waals surface area contributed by atoms with E-state index < -0.39 is 17.6 Å². The molecule has 1 saturated carbocycles. The summed E-state index contributed by atoms with van der Waals surface area (Å²) >= 11 is 0. The molecule has 0 bridgehead atoms. The third-order valence-corrected chi connectivity index (χ3v) is 6.67. The summed E-state index contributed by atoms with van der Waals surface area (Å²) in [5, 5.41) is 11.8. The van der Waals surface area contributed by atoms with Gasteiger partial charge < -0.3 is 20.3 Å². The predicted molar refractivity (Wildman–Crippen MR) is 134 cm³/mol. The number of aryl methyl sites for hydroxylation is 1. The van der Waals surface area contributed by atoms with Gasteiger partial charge in [0.25, 0.3) is 5.89 Å². The summed E-state index contributed by atoms with van der Waals surface area (Å²) in [5.41, 5.74) is 9.40. The molecule has 10 heteroatoms. The Kier molecular flexibility index (Phi) is 6.27. The maximum atomic E-state index is 11.5. The van der Waals surface area contributed by atoms with E-state index in [1.54, 1.807) is 6.92 Å². The second-order valence-corrected chi connectivity index (χ2v) is 9.14. The molecule has 3 heterocycles. The maximum Gasteiger partial charge on any atom is 0.278 e. The largest absolute Gasteiger partial charge is 0.373 e. The summed E-state index contributed by atoms with van der Waals surface area (Å²) in [6, 6.07) is 13.7. The lowest BCUT2D eigenvalue weighted by molar-refractivity contribution is -0.160. The summed E-state index contributed by atoms with van der Waals surface area (Å²) in [7, 11) is 1.84. The van der Waals surface area contributed by atoms with Gasteiger partial charge in [-0.1, -0.05) is 35.5 Å². The first kappa shape index (κ1) is 23.7. The number of carbonyl (C=O) groups is 1. The van der Waals surface area contributed by atoms with E-state index >= 15 is 0 Å². The minimum absolute atomic E-state index is 0.355. The van der Waals surface area contributed by atoms with Crippen LogP contribution >= 0.6 is 0 Å². The van der Waals surface area contributed by atoms with Crippen LogP contribution in [0.3, 0.4) is 0 Å². The number of primary amides is 1. The quantitative estimate of drug-likeness (QED) is 0.365. The standard InChI is InChI=1S/C26H29N7O3/c1-16-13-21(31-33(16)15-18-5-10-22(28-3)29-14-18)25-30-24(32-36-25)19-6-8-20(9-7-19)26(11-4-12-26)35-17(2)23(27)34/h5-10,13-14,17H,4,11-12,15H2,1-3H3,(H2,27,34)(H,28,29). The fourth-order valence-electron chi connectivity index (χ4n) is 4.35. The number of rotatable bonds is 9. The Morgan fingerprint density at radius 1 is 1.25 bits per heavy atom. The minimum atomic E-state index is -0.642. The fourth-order valence-corrected chi connectivity index (χ4v) is 4.35. The van der Waals surface area contributed by atoms with E-state index in [-0.39, 0.29) is 0 Å². The highest BCUT2D eigenvalue weighted by molar-refractivity contribution is 5.78. The lowest BCUT2D eigenvalue weighted by Crippen LogP contribution is -2.43. The normalized spacial score (nSPS) is 15.3. The number of aromatic nitrogens is 5. The number of carbonyl (C=O) groups excluding carboxylic acids is 1. The van der Waals surface area contributed by atoms with E-state index in [4.69, 9.17) is 15.0 Å². The number of nitrogens with two attached hydrogens (primary N) is 1. The number of ether oxygens (including phenoxy) is 1. The fraction of sp³-hybridized carbons (Fsp3) is 0.346. The van der Waals surface area contributed by atoms with E-state index in [0.717, 1.165) is 47.5 Å². The second-order valence-electron chi connectivity index (χ2n) is 9.14. The van der Waals surface area contributed by atoms with Gasteiger partial charge in [0.2, 0.25) is 11.7 Å². The summed E-state index contributed by atoms with van der Waals surface area (Å²) in [5.74, 6) is 1.19. The van der Waals surface area contributed by atoms with E-state index in [9.17, 15) is 4.79 Å². The zero-order chi connectivity index (χ0) is 25.3. The molecule has 1 aliphatic carbocycles. The molecule has 1 aromatic carbocycles. The Morgan fingerprint density at radius 2 is 2.03 bits per heavy atom. The average molecular weight is 488 g/mol. The molecule has 4 aromatic rings. The SMILES string of the molecule is CNc1ccc(Cn2nc(-c3nc(-c4ccc(C5(OC(C)C(N)=O)CCC5)cc4)no3)cc2C)cn1. The molecule has 5 rings (SSSR count). The minimum Gasteiger partial charge on any atom is -0.373 e.